The maximum Gasteiger partial charge on any atom is 0.268 e. The summed E-state index contributed by atoms with van der Waals surface area (Å²) in [6.45, 7) is 2.58. The number of thiophene rings is 1. The Balaban J connectivity index is 1.59. The summed E-state index contributed by atoms with van der Waals surface area (Å²) in [7, 11) is 0. The number of rotatable bonds is 3. The Labute approximate surface area is 156 Å². The number of hydrogen-bond acceptors (Lipinski definition) is 3. The van der Waals surface area contributed by atoms with Crippen molar-refractivity contribution in [3.05, 3.63) is 81.5 Å². The number of carbonyl (C=O) groups excluding carboxylic acids is 2. The number of amides is 2. The molecule has 4 rings (SSSR count). The lowest BCUT2D eigenvalue weighted by Crippen LogP contribution is -2.28. The van der Waals surface area contributed by atoms with Gasteiger partial charge in [-0.1, -0.05) is 30.3 Å². The maximum absolute atomic E-state index is 12.7. The SMILES string of the molecule is Cc1ccccc1C(=O)Nc1ccc2c(c1)N(C(=O)c1cccs1)CC2. The highest BCUT2D eigenvalue weighted by atomic mass is 32.1. The first-order valence-electron chi connectivity index (χ1n) is 8.49. The van der Waals surface area contributed by atoms with Crippen molar-refractivity contribution in [2.45, 2.75) is 13.3 Å². The first kappa shape index (κ1) is 16.5. The van der Waals surface area contributed by atoms with Crippen LogP contribution < -0.4 is 10.2 Å². The Morgan fingerprint density at radius 3 is 2.69 bits per heavy atom. The topological polar surface area (TPSA) is 49.4 Å². The molecule has 3 aromatic rings. The van der Waals surface area contributed by atoms with Crippen LogP contribution in [0.2, 0.25) is 0 Å². The fraction of sp³-hybridized carbons (Fsp3) is 0.143. The third kappa shape index (κ3) is 3.02. The second-order valence-corrected chi connectivity index (χ2v) is 7.24. The molecule has 4 nitrogen and oxygen atoms in total. The van der Waals surface area contributed by atoms with E-state index >= 15 is 0 Å². The van der Waals surface area contributed by atoms with Crippen molar-refractivity contribution in [3.63, 3.8) is 0 Å². The largest absolute Gasteiger partial charge is 0.322 e. The predicted molar refractivity (Wildman–Crippen MR) is 105 cm³/mol. The van der Waals surface area contributed by atoms with Crippen molar-refractivity contribution in [2.24, 2.45) is 0 Å². The minimum Gasteiger partial charge on any atom is -0.322 e. The van der Waals surface area contributed by atoms with Crippen molar-refractivity contribution in [1.82, 2.24) is 0 Å². The number of fused-ring (bicyclic) bond motifs is 1. The Morgan fingerprint density at radius 1 is 1.08 bits per heavy atom. The third-order valence-corrected chi connectivity index (χ3v) is 5.46. The van der Waals surface area contributed by atoms with E-state index in [1.165, 1.54) is 11.3 Å². The summed E-state index contributed by atoms with van der Waals surface area (Å²) in [5.74, 6) is -0.127. The van der Waals surface area contributed by atoms with Crippen LogP contribution in [0.3, 0.4) is 0 Å². The Morgan fingerprint density at radius 2 is 1.92 bits per heavy atom. The van der Waals surface area contributed by atoms with Crippen LogP contribution in [0.4, 0.5) is 11.4 Å². The Bertz CT molecular complexity index is 979. The van der Waals surface area contributed by atoms with Gasteiger partial charge in [-0.05, 0) is 54.1 Å². The molecule has 0 bridgehead atoms. The minimum absolute atomic E-state index is 0.0149. The zero-order chi connectivity index (χ0) is 18.1. The summed E-state index contributed by atoms with van der Waals surface area (Å²) in [5, 5.41) is 4.85. The van der Waals surface area contributed by atoms with Crippen LogP contribution in [0.1, 0.15) is 31.2 Å². The number of nitrogens with zero attached hydrogens (tertiary/aromatic N) is 1. The molecule has 0 atom stereocenters. The Kier molecular flexibility index (Phi) is 4.31. The van der Waals surface area contributed by atoms with Gasteiger partial charge in [0.25, 0.3) is 11.8 Å². The average molecular weight is 362 g/mol. The third-order valence-electron chi connectivity index (χ3n) is 4.61. The van der Waals surface area contributed by atoms with Crippen molar-refractivity contribution in [3.8, 4) is 0 Å². The summed E-state index contributed by atoms with van der Waals surface area (Å²) >= 11 is 1.45. The van der Waals surface area contributed by atoms with Gasteiger partial charge in [0.1, 0.15) is 0 Å². The van der Waals surface area contributed by atoms with Gasteiger partial charge in [0, 0.05) is 23.5 Å². The fourth-order valence-electron chi connectivity index (χ4n) is 3.23. The number of hydrogen-bond donors (Lipinski definition) is 1. The summed E-state index contributed by atoms with van der Waals surface area (Å²) in [4.78, 5) is 27.8. The maximum atomic E-state index is 12.7. The van der Waals surface area contributed by atoms with Crippen LogP contribution in [0, 0.1) is 6.92 Å². The van der Waals surface area contributed by atoms with Gasteiger partial charge in [0.05, 0.1) is 4.88 Å². The van der Waals surface area contributed by atoms with Gasteiger partial charge in [0.15, 0.2) is 0 Å². The molecule has 1 aliphatic rings. The molecular formula is C21H18N2O2S. The zero-order valence-electron chi connectivity index (χ0n) is 14.4. The van der Waals surface area contributed by atoms with Crippen LogP contribution in [0.5, 0.6) is 0 Å². The van der Waals surface area contributed by atoms with Crippen molar-refractivity contribution in [1.29, 1.82) is 0 Å². The number of carbonyl (C=O) groups is 2. The van der Waals surface area contributed by atoms with Crippen LogP contribution in [-0.4, -0.2) is 18.4 Å². The van der Waals surface area contributed by atoms with E-state index in [-0.39, 0.29) is 11.8 Å². The molecule has 5 heteroatoms. The minimum atomic E-state index is -0.141. The van der Waals surface area contributed by atoms with Gasteiger partial charge in [-0.3, -0.25) is 9.59 Å². The van der Waals surface area contributed by atoms with E-state index in [4.69, 9.17) is 0 Å². The lowest BCUT2D eigenvalue weighted by molar-refractivity contribution is 0.0991. The summed E-state index contributed by atoms with van der Waals surface area (Å²) < 4.78 is 0. The van der Waals surface area contributed by atoms with Crippen molar-refractivity contribution in [2.75, 3.05) is 16.8 Å². The summed E-state index contributed by atoms with van der Waals surface area (Å²) in [6.07, 6.45) is 0.832. The first-order valence-corrected chi connectivity index (χ1v) is 9.37. The smallest absolute Gasteiger partial charge is 0.268 e. The molecule has 2 heterocycles. The molecule has 1 N–H and O–H groups in total. The quantitative estimate of drug-likeness (QED) is 0.745. The van der Waals surface area contributed by atoms with Crippen LogP contribution in [0.25, 0.3) is 0 Å². The lowest BCUT2D eigenvalue weighted by atomic mass is 10.1. The molecule has 0 saturated heterocycles. The van der Waals surface area contributed by atoms with Gasteiger partial charge in [-0.15, -0.1) is 11.3 Å². The van der Waals surface area contributed by atoms with Gasteiger partial charge < -0.3 is 10.2 Å². The summed E-state index contributed by atoms with van der Waals surface area (Å²) in [5.41, 5.74) is 4.29. The Hall–Kier alpha value is -2.92. The first-order chi connectivity index (χ1) is 12.6. The molecule has 2 amide bonds. The fourth-order valence-corrected chi connectivity index (χ4v) is 3.90. The van der Waals surface area contributed by atoms with E-state index in [9.17, 15) is 9.59 Å². The molecule has 130 valence electrons. The molecule has 1 aliphatic heterocycles. The molecule has 0 spiro atoms. The molecule has 0 fully saturated rings. The van der Waals surface area contributed by atoms with Crippen LogP contribution in [0.15, 0.2) is 60.0 Å². The van der Waals surface area contributed by atoms with Gasteiger partial charge >= 0.3 is 0 Å². The van der Waals surface area contributed by atoms with E-state index in [0.29, 0.717) is 17.8 Å². The van der Waals surface area contributed by atoms with Gasteiger partial charge in [-0.25, -0.2) is 0 Å². The lowest BCUT2D eigenvalue weighted by Gasteiger charge is -2.17. The summed E-state index contributed by atoms with van der Waals surface area (Å²) in [6, 6.07) is 17.0. The molecule has 0 unspecified atom stereocenters. The highest BCUT2D eigenvalue weighted by Gasteiger charge is 2.26. The zero-order valence-corrected chi connectivity index (χ0v) is 15.2. The number of nitrogens with one attached hydrogen (secondary N) is 1. The van der Waals surface area contributed by atoms with Crippen molar-refractivity contribution < 1.29 is 9.59 Å². The van der Waals surface area contributed by atoms with Crippen LogP contribution >= 0.6 is 11.3 Å². The standard InChI is InChI=1S/C21H18N2O2S/c1-14-5-2-3-6-17(14)20(24)22-16-9-8-15-10-11-23(18(15)13-16)21(25)19-7-4-12-26-19/h2-9,12-13H,10-11H2,1H3,(H,22,24). The molecule has 0 radical (unpaired) electrons. The van der Waals surface area contributed by atoms with E-state index in [1.54, 1.807) is 4.90 Å². The van der Waals surface area contributed by atoms with E-state index in [1.807, 2.05) is 66.9 Å². The monoisotopic (exact) mass is 362 g/mol. The molecule has 0 saturated carbocycles. The molecule has 0 aliphatic carbocycles. The average Bonchev–Trinajstić information content (AvgIpc) is 3.31. The highest BCUT2D eigenvalue weighted by molar-refractivity contribution is 7.12. The van der Waals surface area contributed by atoms with Crippen LogP contribution in [-0.2, 0) is 6.42 Å². The molecule has 26 heavy (non-hydrogen) atoms. The van der Waals surface area contributed by atoms with Crippen molar-refractivity contribution >= 4 is 34.5 Å². The highest BCUT2D eigenvalue weighted by Crippen LogP contribution is 2.32. The second kappa shape index (κ2) is 6.77. The number of aryl methyl sites for hydroxylation is 1. The van der Waals surface area contributed by atoms with Gasteiger partial charge in [0.2, 0.25) is 0 Å². The second-order valence-electron chi connectivity index (χ2n) is 6.30. The van der Waals surface area contributed by atoms with E-state index < -0.39 is 0 Å². The van der Waals surface area contributed by atoms with E-state index in [2.05, 4.69) is 5.32 Å². The predicted octanol–water partition coefficient (Wildman–Crippen LogP) is 4.51. The molecular weight excluding hydrogens is 344 g/mol. The molecule has 2 aromatic carbocycles. The number of anilines is 2. The van der Waals surface area contributed by atoms with Gasteiger partial charge in [-0.2, -0.15) is 0 Å². The van der Waals surface area contributed by atoms with E-state index in [0.717, 1.165) is 28.1 Å². The number of benzene rings is 2. The molecule has 1 aromatic heterocycles. The normalized spacial score (nSPS) is 12.7.